The van der Waals surface area contributed by atoms with Gasteiger partial charge in [0.25, 0.3) is 0 Å². The molecule has 5 heteroatoms. The van der Waals surface area contributed by atoms with E-state index in [1.165, 1.54) is 0 Å². The summed E-state index contributed by atoms with van der Waals surface area (Å²) >= 11 is 0. The zero-order chi connectivity index (χ0) is 17.6. The Morgan fingerprint density at radius 2 is 1.83 bits per heavy atom. The first-order valence-electron chi connectivity index (χ1n) is 8.80. The molecule has 0 aromatic heterocycles. The second-order valence-electron chi connectivity index (χ2n) is 7.47. The summed E-state index contributed by atoms with van der Waals surface area (Å²) in [5.41, 5.74) is 0.779. The van der Waals surface area contributed by atoms with Crippen molar-refractivity contribution in [3.63, 3.8) is 0 Å². The highest BCUT2D eigenvalue weighted by Gasteiger charge is 2.30. The van der Waals surface area contributed by atoms with Crippen LogP contribution in [0.15, 0.2) is 30.3 Å². The van der Waals surface area contributed by atoms with E-state index in [1.54, 1.807) is 0 Å². The quantitative estimate of drug-likeness (QED) is 0.645. The molecule has 134 valence electrons. The lowest BCUT2D eigenvalue weighted by molar-refractivity contribution is 0.117. The molecule has 4 N–H and O–H groups in total. The van der Waals surface area contributed by atoms with Crippen LogP contribution in [-0.4, -0.2) is 41.5 Å². The molecule has 5 nitrogen and oxygen atoms in total. The van der Waals surface area contributed by atoms with Crippen LogP contribution >= 0.6 is 0 Å². The largest absolute Gasteiger partial charge is 0.396 e. The van der Waals surface area contributed by atoms with Gasteiger partial charge in [-0.15, -0.1) is 0 Å². The Kier molecular flexibility index (Phi) is 6.63. The fraction of sp³-hybridized carbons (Fsp3) is 0.632. The molecule has 0 aliphatic heterocycles. The normalized spacial score (nSPS) is 22.7. The molecule has 1 aromatic carbocycles. The third-order valence-corrected chi connectivity index (χ3v) is 5.05. The predicted octanol–water partition coefficient (Wildman–Crippen LogP) is 2.39. The average Bonchev–Trinajstić information content (AvgIpc) is 2.58. The van der Waals surface area contributed by atoms with E-state index < -0.39 is 0 Å². The second-order valence-corrected chi connectivity index (χ2v) is 7.47. The van der Waals surface area contributed by atoms with Crippen molar-refractivity contribution in [2.24, 2.45) is 5.41 Å². The Hall–Kier alpha value is -1.59. The molecule has 1 atom stereocenters. The topological polar surface area (TPSA) is 81.6 Å². The number of carbonyl (C=O) groups excluding carboxylic acids is 1. The standard InChI is InChI=1S/C19H30N2O3/c1-19(2,13-22)17(14-6-4-3-5-7-14)12-20-18(24)21-15-8-10-16(23)11-9-15/h3-7,15-17,22-23H,8-13H2,1-2H3,(H2,20,21,24). The molecule has 0 radical (unpaired) electrons. The minimum atomic E-state index is -0.330. The molecule has 0 heterocycles. The molecule has 1 aromatic rings. The van der Waals surface area contributed by atoms with Crippen LogP contribution in [0.25, 0.3) is 0 Å². The van der Waals surface area contributed by atoms with E-state index in [2.05, 4.69) is 10.6 Å². The average molecular weight is 334 g/mol. The molecule has 1 fully saturated rings. The van der Waals surface area contributed by atoms with Crippen molar-refractivity contribution in [2.45, 2.75) is 57.6 Å². The molecular formula is C19H30N2O3. The fourth-order valence-electron chi connectivity index (χ4n) is 3.29. The number of amides is 2. The molecule has 24 heavy (non-hydrogen) atoms. The number of aliphatic hydroxyl groups excluding tert-OH is 2. The van der Waals surface area contributed by atoms with Crippen LogP contribution in [0, 0.1) is 5.41 Å². The minimum Gasteiger partial charge on any atom is -0.396 e. The monoisotopic (exact) mass is 334 g/mol. The molecule has 1 unspecified atom stereocenters. The van der Waals surface area contributed by atoms with Crippen molar-refractivity contribution >= 4 is 6.03 Å². The van der Waals surface area contributed by atoms with Gasteiger partial charge in [0, 0.05) is 25.1 Å². The van der Waals surface area contributed by atoms with Gasteiger partial charge >= 0.3 is 6.03 Å². The first-order chi connectivity index (χ1) is 11.4. The maximum absolute atomic E-state index is 12.2. The lowest BCUT2D eigenvalue weighted by Gasteiger charge is -2.33. The highest BCUT2D eigenvalue weighted by atomic mass is 16.3. The number of urea groups is 1. The highest BCUT2D eigenvalue weighted by molar-refractivity contribution is 5.74. The van der Waals surface area contributed by atoms with Gasteiger partial charge in [-0.05, 0) is 36.7 Å². The fourth-order valence-corrected chi connectivity index (χ4v) is 3.29. The van der Waals surface area contributed by atoms with Gasteiger partial charge in [0.05, 0.1) is 6.10 Å². The van der Waals surface area contributed by atoms with Crippen LogP contribution in [0.4, 0.5) is 4.79 Å². The molecular weight excluding hydrogens is 304 g/mol. The molecule has 0 saturated heterocycles. The van der Waals surface area contributed by atoms with E-state index in [-0.39, 0.29) is 36.1 Å². The van der Waals surface area contributed by atoms with Gasteiger partial charge in [-0.25, -0.2) is 4.79 Å². The van der Waals surface area contributed by atoms with Gasteiger partial charge in [0.1, 0.15) is 0 Å². The number of hydrogen-bond donors (Lipinski definition) is 4. The summed E-state index contributed by atoms with van der Waals surface area (Å²) in [7, 11) is 0. The predicted molar refractivity (Wildman–Crippen MR) is 94.8 cm³/mol. The summed E-state index contributed by atoms with van der Waals surface area (Å²) in [4.78, 5) is 12.2. The molecule has 1 aliphatic carbocycles. The maximum atomic E-state index is 12.2. The summed E-state index contributed by atoms with van der Waals surface area (Å²) in [6.45, 7) is 4.54. The Labute approximate surface area is 144 Å². The number of nitrogens with one attached hydrogen (secondary N) is 2. The van der Waals surface area contributed by atoms with Crippen LogP contribution in [-0.2, 0) is 0 Å². The van der Waals surface area contributed by atoms with E-state index in [9.17, 15) is 15.0 Å². The number of carbonyl (C=O) groups is 1. The smallest absolute Gasteiger partial charge is 0.315 e. The molecule has 0 bridgehead atoms. The molecule has 1 aliphatic rings. The van der Waals surface area contributed by atoms with E-state index in [0.29, 0.717) is 6.54 Å². The third kappa shape index (κ3) is 5.21. The van der Waals surface area contributed by atoms with Gasteiger partial charge in [0.2, 0.25) is 0 Å². The number of aliphatic hydroxyl groups is 2. The third-order valence-electron chi connectivity index (χ3n) is 5.05. The number of rotatable bonds is 6. The number of hydrogen-bond acceptors (Lipinski definition) is 3. The van der Waals surface area contributed by atoms with E-state index in [4.69, 9.17) is 0 Å². The van der Waals surface area contributed by atoms with Crippen molar-refractivity contribution in [3.8, 4) is 0 Å². The van der Waals surface area contributed by atoms with Gasteiger partial charge in [-0.2, -0.15) is 0 Å². The highest BCUT2D eigenvalue weighted by Crippen LogP contribution is 2.34. The van der Waals surface area contributed by atoms with Crippen molar-refractivity contribution in [1.29, 1.82) is 0 Å². The first-order valence-corrected chi connectivity index (χ1v) is 8.80. The maximum Gasteiger partial charge on any atom is 0.315 e. The van der Waals surface area contributed by atoms with Crippen molar-refractivity contribution < 1.29 is 15.0 Å². The van der Waals surface area contributed by atoms with E-state index >= 15 is 0 Å². The van der Waals surface area contributed by atoms with Crippen LogP contribution in [0.2, 0.25) is 0 Å². The first kappa shape index (κ1) is 18.7. The zero-order valence-electron chi connectivity index (χ0n) is 14.7. The van der Waals surface area contributed by atoms with Crippen molar-refractivity contribution in [2.75, 3.05) is 13.2 Å². The summed E-state index contributed by atoms with van der Waals surface area (Å²) in [6.07, 6.45) is 2.90. The van der Waals surface area contributed by atoms with Crippen molar-refractivity contribution in [3.05, 3.63) is 35.9 Å². The SMILES string of the molecule is CC(C)(CO)C(CNC(=O)NC1CCC(O)CC1)c1ccccc1. The number of benzene rings is 1. The minimum absolute atomic E-state index is 0.0302. The molecule has 1 saturated carbocycles. The Bertz CT molecular complexity index is 511. The van der Waals surface area contributed by atoms with Gasteiger partial charge < -0.3 is 20.8 Å². The van der Waals surface area contributed by atoms with Crippen LogP contribution in [0.1, 0.15) is 51.0 Å². The zero-order valence-corrected chi connectivity index (χ0v) is 14.7. The molecule has 2 rings (SSSR count). The van der Waals surface area contributed by atoms with Crippen molar-refractivity contribution in [1.82, 2.24) is 10.6 Å². The van der Waals surface area contributed by atoms with Gasteiger partial charge in [0.15, 0.2) is 0 Å². The van der Waals surface area contributed by atoms with Gasteiger partial charge in [-0.3, -0.25) is 0 Å². The summed E-state index contributed by atoms with van der Waals surface area (Å²) in [5, 5.41) is 25.2. The van der Waals surface area contributed by atoms with E-state index in [0.717, 1.165) is 31.2 Å². The van der Waals surface area contributed by atoms with Crippen LogP contribution < -0.4 is 10.6 Å². The Balaban J connectivity index is 1.91. The van der Waals surface area contributed by atoms with Gasteiger partial charge in [-0.1, -0.05) is 44.2 Å². The van der Waals surface area contributed by atoms with Crippen LogP contribution in [0.5, 0.6) is 0 Å². The summed E-state index contributed by atoms with van der Waals surface area (Å²) in [5.74, 6) is 0.0302. The molecule has 2 amide bonds. The molecule has 0 spiro atoms. The van der Waals surface area contributed by atoms with Crippen LogP contribution in [0.3, 0.4) is 0 Å². The lowest BCUT2D eigenvalue weighted by Crippen LogP contribution is -2.46. The Morgan fingerprint density at radius 1 is 1.21 bits per heavy atom. The summed E-state index contributed by atoms with van der Waals surface area (Å²) in [6, 6.07) is 9.94. The second kappa shape index (κ2) is 8.49. The summed E-state index contributed by atoms with van der Waals surface area (Å²) < 4.78 is 0. The van der Waals surface area contributed by atoms with E-state index in [1.807, 2.05) is 44.2 Å². The lowest BCUT2D eigenvalue weighted by atomic mass is 9.75. The Morgan fingerprint density at radius 3 is 2.42 bits per heavy atom.